The Kier molecular flexibility index (Phi) is 5.60. The molecular formula is C14H27N3O2. The van der Waals surface area contributed by atoms with Crippen molar-refractivity contribution in [1.82, 2.24) is 15.1 Å². The molecule has 1 atom stereocenters. The van der Waals surface area contributed by atoms with Gasteiger partial charge in [-0.3, -0.25) is 4.79 Å². The molecule has 0 aromatic carbocycles. The number of rotatable bonds is 5. The van der Waals surface area contributed by atoms with Crippen LogP contribution in [-0.2, 0) is 9.53 Å². The number of nitrogens with one attached hydrogen (secondary N) is 1. The van der Waals surface area contributed by atoms with E-state index >= 15 is 0 Å². The molecule has 2 fully saturated rings. The fourth-order valence-corrected chi connectivity index (χ4v) is 2.92. The lowest BCUT2D eigenvalue weighted by molar-refractivity contribution is -0.138. The molecule has 5 heteroatoms. The fourth-order valence-electron chi connectivity index (χ4n) is 2.92. The minimum Gasteiger partial charge on any atom is -0.378 e. The highest BCUT2D eigenvalue weighted by Crippen LogP contribution is 2.24. The van der Waals surface area contributed by atoms with Gasteiger partial charge < -0.3 is 19.9 Å². The van der Waals surface area contributed by atoms with Crippen LogP contribution in [0.2, 0.25) is 0 Å². The van der Waals surface area contributed by atoms with Crippen LogP contribution in [-0.4, -0.2) is 74.7 Å². The van der Waals surface area contributed by atoms with E-state index in [4.69, 9.17) is 4.74 Å². The Labute approximate surface area is 116 Å². The van der Waals surface area contributed by atoms with Gasteiger partial charge in [0.05, 0.1) is 13.2 Å². The van der Waals surface area contributed by atoms with Crippen molar-refractivity contribution in [2.75, 3.05) is 46.9 Å². The summed E-state index contributed by atoms with van der Waals surface area (Å²) < 4.78 is 5.42. The molecule has 1 saturated carbocycles. The Morgan fingerprint density at radius 1 is 1.26 bits per heavy atom. The van der Waals surface area contributed by atoms with Gasteiger partial charge in [-0.25, -0.2) is 0 Å². The maximum absolute atomic E-state index is 12.7. The van der Waals surface area contributed by atoms with Gasteiger partial charge in [-0.05, 0) is 26.9 Å². The van der Waals surface area contributed by atoms with Crippen LogP contribution in [0, 0.1) is 0 Å². The summed E-state index contributed by atoms with van der Waals surface area (Å²) in [6.07, 6.45) is 4.83. The number of likely N-dealkylation sites (N-methyl/N-ethyl adjacent to an activating group) is 1. The second-order valence-corrected chi connectivity index (χ2v) is 5.85. The summed E-state index contributed by atoms with van der Waals surface area (Å²) >= 11 is 0. The van der Waals surface area contributed by atoms with Gasteiger partial charge in [0.25, 0.3) is 0 Å². The number of ether oxygens (including phenoxy) is 1. The van der Waals surface area contributed by atoms with Crippen molar-refractivity contribution >= 4 is 5.91 Å². The number of carbonyl (C=O) groups excluding carboxylic acids is 1. The Morgan fingerprint density at radius 2 is 2.00 bits per heavy atom. The van der Waals surface area contributed by atoms with Crippen molar-refractivity contribution in [3.63, 3.8) is 0 Å². The highest BCUT2D eigenvalue weighted by Gasteiger charge is 2.32. The van der Waals surface area contributed by atoms with Crippen LogP contribution in [0.5, 0.6) is 0 Å². The van der Waals surface area contributed by atoms with Crippen molar-refractivity contribution in [2.45, 2.75) is 37.8 Å². The molecule has 2 aliphatic rings. The Balaban J connectivity index is 1.95. The molecule has 0 spiro atoms. The molecule has 0 bridgehead atoms. The third-order valence-electron chi connectivity index (χ3n) is 4.06. The van der Waals surface area contributed by atoms with E-state index in [1.807, 2.05) is 0 Å². The zero-order valence-corrected chi connectivity index (χ0v) is 12.2. The molecular weight excluding hydrogens is 242 g/mol. The molecule has 0 radical (unpaired) electrons. The van der Waals surface area contributed by atoms with E-state index in [1.54, 1.807) is 0 Å². The lowest BCUT2D eigenvalue weighted by Crippen LogP contribution is -2.55. The van der Waals surface area contributed by atoms with Crippen LogP contribution in [0.15, 0.2) is 0 Å². The molecule has 19 heavy (non-hydrogen) atoms. The van der Waals surface area contributed by atoms with E-state index in [1.165, 1.54) is 12.8 Å². The first-order valence-electron chi connectivity index (χ1n) is 7.45. The summed E-state index contributed by atoms with van der Waals surface area (Å²) in [5.74, 6) is 0.230. The van der Waals surface area contributed by atoms with E-state index in [0.717, 1.165) is 32.5 Å². The predicted octanol–water partition coefficient (Wildman–Crippen LogP) is 0.308. The van der Waals surface area contributed by atoms with Crippen LogP contribution >= 0.6 is 0 Å². The molecule has 1 saturated heterocycles. The van der Waals surface area contributed by atoms with Crippen LogP contribution in [0.4, 0.5) is 0 Å². The maximum Gasteiger partial charge on any atom is 0.242 e. The second kappa shape index (κ2) is 7.22. The van der Waals surface area contributed by atoms with Crippen molar-refractivity contribution in [2.24, 2.45) is 0 Å². The monoisotopic (exact) mass is 269 g/mol. The standard InChI is InChI=1S/C14H27N3O2/c1-16(2)8-9-17(12-5-3-4-6-12)14(18)13-11-19-10-7-15-13/h12-13,15H,3-11H2,1-2H3. The quantitative estimate of drug-likeness (QED) is 0.780. The van der Waals surface area contributed by atoms with Crippen molar-refractivity contribution < 1.29 is 9.53 Å². The highest BCUT2D eigenvalue weighted by molar-refractivity contribution is 5.82. The number of nitrogens with zero attached hydrogens (tertiary/aromatic N) is 2. The summed E-state index contributed by atoms with van der Waals surface area (Å²) in [6, 6.07) is 0.299. The molecule has 110 valence electrons. The first-order valence-corrected chi connectivity index (χ1v) is 7.45. The lowest BCUT2D eigenvalue weighted by atomic mass is 10.1. The summed E-state index contributed by atoms with van der Waals surface area (Å²) in [6.45, 7) is 3.77. The summed E-state index contributed by atoms with van der Waals surface area (Å²) in [7, 11) is 4.11. The number of carbonyl (C=O) groups is 1. The van der Waals surface area contributed by atoms with Gasteiger partial charge in [-0.15, -0.1) is 0 Å². The largest absolute Gasteiger partial charge is 0.378 e. The number of morpholine rings is 1. The van der Waals surface area contributed by atoms with Crippen molar-refractivity contribution in [3.8, 4) is 0 Å². The normalized spacial score (nSPS) is 24.9. The Morgan fingerprint density at radius 3 is 2.58 bits per heavy atom. The Hall–Kier alpha value is -0.650. The fraction of sp³-hybridized carbons (Fsp3) is 0.929. The lowest BCUT2D eigenvalue weighted by Gasteiger charge is -2.34. The van der Waals surface area contributed by atoms with E-state index < -0.39 is 0 Å². The van der Waals surface area contributed by atoms with Gasteiger partial charge in [0.2, 0.25) is 5.91 Å². The molecule has 1 aliphatic heterocycles. The third-order valence-corrected chi connectivity index (χ3v) is 4.06. The van der Waals surface area contributed by atoms with Crippen LogP contribution in [0.3, 0.4) is 0 Å². The minimum absolute atomic E-state index is 0.142. The average Bonchev–Trinajstić information content (AvgIpc) is 2.93. The van der Waals surface area contributed by atoms with Crippen molar-refractivity contribution in [3.05, 3.63) is 0 Å². The molecule has 1 heterocycles. The molecule has 1 unspecified atom stereocenters. The first-order chi connectivity index (χ1) is 9.18. The second-order valence-electron chi connectivity index (χ2n) is 5.85. The highest BCUT2D eigenvalue weighted by atomic mass is 16.5. The van der Waals surface area contributed by atoms with Gasteiger partial charge in [-0.1, -0.05) is 12.8 Å². The van der Waals surface area contributed by atoms with E-state index in [0.29, 0.717) is 19.3 Å². The maximum atomic E-state index is 12.7. The topological polar surface area (TPSA) is 44.8 Å². The molecule has 5 nitrogen and oxygen atoms in total. The molecule has 2 rings (SSSR count). The predicted molar refractivity (Wildman–Crippen MR) is 75.1 cm³/mol. The van der Waals surface area contributed by atoms with Gasteiger partial charge in [0, 0.05) is 25.7 Å². The van der Waals surface area contributed by atoms with Gasteiger partial charge in [0.15, 0.2) is 0 Å². The van der Waals surface area contributed by atoms with E-state index in [-0.39, 0.29) is 11.9 Å². The molecule has 1 aliphatic carbocycles. The number of hydrogen-bond acceptors (Lipinski definition) is 4. The van der Waals surface area contributed by atoms with E-state index in [9.17, 15) is 4.79 Å². The summed E-state index contributed by atoms with van der Waals surface area (Å²) in [5, 5.41) is 3.28. The smallest absolute Gasteiger partial charge is 0.242 e. The zero-order chi connectivity index (χ0) is 13.7. The molecule has 0 aromatic heterocycles. The van der Waals surface area contributed by atoms with Gasteiger partial charge in [-0.2, -0.15) is 0 Å². The SMILES string of the molecule is CN(C)CCN(C(=O)C1COCCN1)C1CCCC1. The van der Waals surface area contributed by atoms with Crippen LogP contribution < -0.4 is 5.32 Å². The Bertz CT molecular complexity index is 284. The van der Waals surface area contributed by atoms with Crippen LogP contribution in [0.25, 0.3) is 0 Å². The summed E-state index contributed by atoms with van der Waals surface area (Å²) in [4.78, 5) is 16.9. The van der Waals surface area contributed by atoms with Crippen molar-refractivity contribution in [1.29, 1.82) is 0 Å². The zero-order valence-electron chi connectivity index (χ0n) is 12.2. The minimum atomic E-state index is -0.142. The summed E-state index contributed by atoms with van der Waals surface area (Å²) in [5.41, 5.74) is 0. The van der Waals surface area contributed by atoms with Crippen LogP contribution in [0.1, 0.15) is 25.7 Å². The number of amides is 1. The molecule has 1 amide bonds. The molecule has 0 aromatic rings. The average molecular weight is 269 g/mol. The third kappa shape index (κ3) is 4.16. The van der Waals surface area contributed by atoms with Gasteiger partial charge in [0.1, 0.15) is 6.04 Å². The molecule has 1 N–H and O–H groups in total. The number of hydrogen-bond donors (Lipinski definition) is 1. The van der Waals surface area contributed by atoms with E-state index in [2.05, 4.69) is 29.2 Å². The first kappa shape index (κ1) is 14.8. The van der Waals surface area contributed by atoms with Gasteiger partial charge >= 0.3 is 0 Å².